The highest BCUT2D eigenvalue weighted by Crippen LogP contribution is 2.25. The third kappa shape index (κ3) is 4.21. The van der Waals surface area contributed by atoms with Gasteiger partial charge in [-0.3, -0.25) is 14.9 Å². The lowest BCUT2D eigenvalue weighted by Gasteiger charge is -2.12. The summed E-state index contributed by atoms with van der Waals surface area (Å²) in [5, 5.41) is 25.9. The molecule has 7 nitrogen and oxygen atoms in total. The number of anilines is 2. The molecule has 3 N–H and O–H groups in total. The summed E-state index contributed by atoms with van der Waals surface area (Å²) in [5.41, 5.74) is 1.65. The van der Waals surface area contributed by atoms with Crippen molar-refractivity contribution in [2.75, 3.05) is 23.8 Å². The number of nitrogens with one attached hydrogen (secondary N) is 2. The molecule has 0 heterocycles. The Labute approximate surface area is 143 Å². The summed E-state index contributed by atoms with van der Waals surface area (Å²) >= 11 is 6.03. The summed E-state index contributed by atoms with van der Waals surface area (Å²) in [5.74, 6) is -0.515. The fourth-order valence-electron chi connectivity index (χ4n) is 2.05. The average Bonchev–Trinajstić information content (AvgIpc) is 2.56. The number of carbonyl (C=O) groups excluding carboxylic acids is 1. The number of rotatable bonds is 6. The Morgan fingerprint density at radius 3 is 2.67 bits per heavy atom. The number of aryl methyl sites for hydroxylation is 1. The quantitative estimate of drug-likeness (QED) is 0.548. The predicted octanol–water partition coefficient (Wildman–Crippen LogP) is 3.21. The van der Waals surface area contributed by atoms with E-state index in [0.29, 0.717) is 16.4 Å². The maximum absolute atomic E-state index is 12.5. The molecule has 0 aromatic heterocycles. The van der Waals surface area contributed by atoms with Gasteiger partial charge in [-0.2, -0.15) is 0 Å². The summed E-state index contributed by atoms with van der Waals surface area (Å²) in [6.07, 6.45) is 0. The lowest BCUT2D eigenvalue weighted by Crippen LogP contribution is -2.16. The van der Waals surface area contributed by atoms with Gasteiger partial charge in [0.25, 0.3) is 11.6 Å². The van der Waals surface area contributed by atoms with Crippen molar-refractivity contribution in [3.8, 4) is 0 Å². The van der Waals surface area contributed by atoms with Crippen LogP contribution in [0.5, 0.6) is 0 Å². The molecule has 0 spiro atoms. The fourth-order valence-corrected chi connectivity index (χ4v) is 2.23. The van der Waals surface area contributed by atoms with Crippen molar-refractivity contribution in [3.05, 3.63) is 62.7 Å². The summed E-state index contributed by atoms with van der Waals surface area (Å²) < 4.78 is 0. The van der Waals surface area contributed by atoms with Crippen LogP contribution in [0.15, 0.2) is 36.4 Å². The van der Waals surface area contributed by atoms with Crippen LogP contribution >= 0.6 is 11.6 Å². The topological polar surface area (TPSA) is 104 Å². The third-order valence-corrected chi connectivity index (χ3v) is 3.72. The zero-order valence-corrected chi connectivity index (χ0v) is 13.6. The standard InChI is InChI=1S/C16H16ClN3O4/c1-10-2-3-11(8-14(10)17)19-16(22)13-9-12(20(23)24)4-5-15(13)18-6-7-21/h2-5,8-9,18,21H,6-7H2,1H3,(H,19,22). The molecule has 0 aliphatic heterocycles. The highest BCUT2D eigenvalue weighted by atomic mass is 35.5. The predicted molar refractivity (Wildman–Crippen MR) is 92.8 cm³/mol. The molecule has 0 atom stereocenters. The molecule has 0 saturated heterocycles. The van der Waals surface area contributed by atoms with E-state index in [1.807, 2.05) is 6.92 Å². The molecule has 0 bridgehead atoms. The van der Waals surface area contributed by atoms with Crippen LogP contribution in [0.2, 0.25) is 5.02 Å². The minimum atomic E-state index is -0.574. The van der Waals surface area contributed by atoms with Gasteiger partial charge in [-0.15, -0.1) is 0 Å². The van der Waals surface area contributed by atoms with E-state index in [1.165, 1.54) is 18.2 Å². The van der Waals surface area contributed by atoms with Crippen molar-refractivity contribution >= 4 is 34.6 Å². The summed E-state index contributed by atoms with van der Waals surface area (Å²) in [4.78, 5) is 22.9. The highest BCUT2D eigenvalue weighted by Gasteiger charge is 2.17. The van der Waals surface area contributed by atoms with Gasteiger partial charge in [0.2, 0.25) is 0 Å². The average molecular weight is 350 g/mol. The van der Waals surface area contributed by atoms with Crippen molar-refractivity contribution in [3.63, 3.8) is 0 Å². The van der Waals surface area contributed by atoms with Crippen LogP contribution in [-0.4, -0.2) is 29.1 Å². The lowest BCUT2D eigenvalue weighted by molar-refractivity contribution is -0.384. The Hall–Kier alpha value is -2.64. The first-order valence-corrected chi connectivity index (χ1v) is 7.51. The molecule has 126 valence electrons. The van der Waals surface area contributed by atoms with Gasteiger partial charge in [0.05, 0.1) is 17.1 Å². The number of halogens is 1. The van der Waals surface area contributed by atoms with Crippen LogP contribution < -0.4 is 10.6 Å². The normalized spacial score (nSPS) is 10.3. The minimum Gasteiger partial charge on any atom is -0.395 e. The number of carbonyl (C=O) groups is 1. The van der Waals surface area contributed by atoms with E-state index < -0.39 is 10.8 Å². The molecular weight excluding hydrogens is 334 g/mol. The first-order chi connectivity index (χ1) is 11.4. The van der Waals surface area contributed by atoms with Gasteiger partial charge >= 0.3 is 0 Å². The molecule has 1 amide bonds. The summed E-state index contributed by atoms with van der Waals surface area (Å²) in [6.45, 7) is 1.92. The van der Waals surface area contributed by atoms with Crippen LogP contribution in [0.1, 0.15) is 15.9 Å². The van der Waals surface area contributed by atoms with Gasteiger partial charge in [-0.1, -0.05) is 17.7 Å². The zero-order chi connectivity index (χ0) is 17.7. The van der Waals surface area contributed by atoms with Gasteiger partial charge in [0.15, 0.2) is 0 Å². The fraction of sp³-hybridized carbons (Fsp3) is 0.188. The Morgan fingerprint density at radius 1 is 1.29 bits per heavy atom. The summed E-state index contributed by atoms with van der Waals surface area (Å²) in [6, 6.07) is 8.97. The molecule has 0 fully saturated rings. The van der Waals surface area contributed by atoms with Crippen molar-refractivity contribution < 1.29 is 14.8 Å². The smallest absolute Gasteiger partial charge is 0.270 e. The molecular formula is C16H16ClN3O4. The number of aliphatic hydroxyl groups excluding tert-OH is 1. The van der Waals surface area contributed by atoms with Crippen LogP contribution in [0.4, 0.5) is 17.1 Å². The van der Waals surface area contributed by atoms with Gasteiger partial charge in [-0.05, 0) is 30.7 Å². The van der Waals surface area contributed by atoms with Crippen molar-refractivity contribution in [2.24, 2.45) is 0 Å². The van der Waals surface area contributed by atoms with Crippen molar-refractivity contribution in [1.29, 1.82) is 0 Å². The zero-order valence-electron chi connectivity index (χ0n) is 12.9. The first-order valence-electron chi connectivity index (χ1n) is 7.13. The van der Waals surface area contributed by atoms with Crippen LogP contribution in [0.25, 0.3) is 0 Å². The Kier molecular flexibility index (Phi) is 5.73. The van der Waals surface area contributed by atoms with E-state index in [4.69, 9.17) is 16.7 Å². The first kappa shape index (κ1) is 17.7. The molecule has 0 unspecified atom stereocenters. The second kappa shape index (κ2) is 7.76. The molecule has 2 rings (SSSR count). The van der Waals surface area contributed by atoms with Gasteiger partial charge < -0.3 is 15.7 Å². The largest absolute Gasteiger partial charge is 0.395 e. The van der Waals surface area contributed by atoms with E-state index in [1.54, 1.807) is 18.2 Å². The number of amides is 1. The van der Waals surface area contributed by atoms with Crippen molar-refractivity contribution in [2.45, 2.75) is 6.92 Å². The Morgan fingerprint density at radius 2 is 2.04 bits per heavy atom. The van der Waals surface area contributed by atoms with E-state index in [0.717, 1.165) is 5.56 Å². The lowest BCUT2D eigenvalue weighted by atomic mass is 10.1. The molecule has 0 saturated carbocycles. The SMILES string of the molecule is Cc1ccc(NC(=O)c2cc([N+](=O)[O-])ccc2NCCO)cc1Cl. The second-order valence-electron chi connectivity index (χ2n) is 5.06. The molecule has 2 aromatic carbocycles. The van der Waals surface area contributed by atoms with E-state index >= 15 is 0 Å². The number of hydrogen-bond acceptors (Lipinski definition) is 5. The van der Waals surface area contributed by atoms with Crippen LogP contribution in [0, 0.1) is 17.0 Å². The van der Waals surface area contributed by atoms with Crippen LogP contribution in [-0.2, 0) is 0 Å². The monoisotopic (exact) mass is 349 g/mol. The maximum Gasteiger partial charge on any atom is 0.270 e. The number of benzene rings is 2. The Bertz CT molecular complexity index is 780. The number of aliphatic hydroxyl groups is 1. The van der Waals surface area contributed by atoms with Gasteiger partial charge in [0, 0.05) is 35.1 Å². The van der Waals surface area contributed by atoms with Crippen molar-refractivity contribution in [1.82, 2.24) is 0 Å². The minimum absolute atomic E-state index is 0.106. The number of hydrogen-bond donors (Lipinski definition) is 3. The maximum atomic E-state index is 12.5. The molecule has 8 heteroatoms. The van der Waals surface area contributed by atoms with Gasteiger partial charge in [-0.25, -0.2) is 0 Å². The van der Waals surface area contributed by atoms with Gasteiger partial charge in [0.1, 0.15) is 0 Å². The van der Waals surface area contributed by atoms with Crippen LogP contribution in [0.3, 0.4) is 0 Å². The molecule has 2 aromatic rings. The molecule has 0 radical (unpaired) electrons. The number of nitro groups is 1. The van der Waals surface area contributed by atoms with E-state index in [9.17, 15) is 14.9 Å². The molecule has 0 aliphatic rings. The van der Waals surface area contributed by atoms with E-state index in [-0.39, 0.29) is 24.4 Å². The Balaban J connectivity index is 2.32. The number of non-ortho nitro benzene ring substituents is 1. The molecule has 0 aliphatic carbocycles. The van der Waals surface area contributed by atoms with E-state index in [2.05, 4.69) is 10.6 Å². The number of nitro benzene ring substituents is 1. The number of nitrogens with zero attached hydrogens (tertiary/aromatic N) is 1. The summed E-state index contributed by atoms with van der Waals surface area (Å²) in [7, 11) is 0. The molecule has 24 heavy (non-hydrogen) atoms. The third-order valence-electron chi connectivity index (χ3n) is 3.32. The highest BCUT2D eigenvalue weighted by molar-refractivity contribution is 6.31. The second-order valence-corrected chi connectivity index (χ2v) is 5.46.